The SMILES string of the molecule is Br.Br.Nc1ccc2c(c1)CCNC2. The molecule has 2 rings (SSSR count). The van der Waals surface area contributed by atoms with Gasteiger partial charge in [0.25, 0.3) is 0 Å². The first-order chi connectivity index (χ1) is 5.36. The second-order valence-electron chi connectivity index (χ2n) is 2.95. The molecule has 1 aromatic rings. The molecular weight excluding hydrogens is 296 g/mol. The topological polar surface area (TPSA) is 38.0 Å². The molecule has 0 amide bonds. The molecule has 0 bridgehead atoms. The van der Waals surface area contributed by atoms with Crippen LogP contribution in [0.3, 0.4) is 0 Å². The van der Waals surface area contributed by atoms with Gasteiger partial charge >= 0.3 is 0 Å². The van der Waals surface area contributed by atoms with Gasteiger partial charge in [-0.25, -0.2) is 0 Å². The summed E-state index contributed by atoms with van der Waals surface area (Å²) in [5.74, 6) is 0. The minimum Gasteiger partial charge on any atom is -0.399 e. The third-order valence-corrected chi connectivity index (χ3v) is 2.12. The molecule has 0 spiro atoms. The number of anilines is 1. The van der Waals surface area contributed by atoms with Crippen molar-refractivity contribution in [1.82, 2.24) is 5.32 Å². The molecule has 0 radical (unpaired) electrons. The van der Waals surface area contributed by atoms with Gasteiger partial charge in [0.05, 0.1) is 0 Å². The predicted molar refractivity (Wildman–Crippen MR) is 66.9 cm³/mol. The molecule has 0 unspecified atom stereocenters. The smallest absolute Gasteiger partial charge is 0.0316 e. The number of hydrogen-bond donors (Lipinski definition) is 2. The summed E-state index contributed by atoms with van der Waals surface area (Å²) in [6.07, 6.45) is 1.11. The summed E-state index contributed by atoms with van der Waals surface area (Å²) in [4.78, 5) is 0. The van der Waals surface area contributed by atoms with E-state index in [2.05, 4.69) is 17.4 Å². The highest BCUT2D eigenvalue weighted by Gasteiger charge is 2.06. The molecule has 0 atom stereocenters. The van der Waals surface area contributed by atoms with E-state index in [0.717, 1.165) is 25.2 Å². The summed E-state index contributed by atoms with van der Waals surface area (Å²) < 4.78 is 0. The number of nitrogens with one attached hydrogen (secondary N) is 1. The summed E-state index contributed by atoms with van der Waals surface area (Å²) in [6.45, 7) is 2.08. The van der Waals surface area contributed by atoms with Crippen LogP contribution in [0, 0.1) is 0 Å². The number of halogens is 2. The van der Waals surface area contributed by atoms with Crippen molar-refractivity contribution in [3.8, 4) is 0 Å². The van der Waals surface area contributed by atoms with Crippen molar-refractivity contribution >= 4 is 39.7 Å². The molecule has 0 aromatic heterocycles. The van der Waals surface area contributed by atoms with Gasteiger partial charge in [-0.05, 0) is 36.2 Å². The lowest BCUT2D eigenvalue weighted by Gasteiger charge is -2.16. The molecule has 0 saturated carbocycles. The van der Waals surface area contributed by atoms with Crippen molar-refractivity contribution in [3.63, 3.8) is 0 Å². The Hall–Kier alpha value is -0.0600. The minimum atomic E-state index is 0. The first-order valence-corrected chi connectivity index (χ1v) is 3.94. The van der Waals surface area contributed by atoms with Gasteiger partial charge < -0.3 is 11.1 Å². The first-order valence-electron chi connectivity index (χ1n) is 3.94. The first kappa shape index (κ1) is 12.9. The van der Waals surface area contributed by atoms with Gasteiger partial charge in [0.2, 0.25) is 0 Å². The molecule has 0 saturated heterocycles. The minimum absolute atomic E-state index is 0. The Bertz CT molecular complexity index is 276. The van der Waals surface area contributed by atoms with E-state index in [-0.39, 0.29) is 34.0 Å². The third-order valence-electron chi connectivity index (χ3n) is 2.12. The second kappa shape index (κ2) is 5.62. The van der Waals surface area contributed by atoms with Gasteiger partial charge in [0.1, 0.15) is 0 Å². The van der Waals surface area contributed by atoms with Crippen LogP contribution in [0.15, 0.2) is 18.2 Å². The highest BCUT2D eigenvalue weighted by Crippen LogP contribution is 2.16. The van der Waals surface area contributed by atoms with Crippen LogP contribution in [0.25, 0.3) is 0 Å². The van der Waals surface area contributed by atoms with E-state index in [9.17, 15) is 0 Å². The summed E-state index contributed by atoms with van der Waals surface area (Å²) in [5, 5.41) is 3.32. The maximum Gasteiger partial charge on any atom is 0.0316 e. The fourth-order valence-electron chi connectivity index (χ4n) is 1.50. The summed E-state index contributed by atoms with van der Waals surface area (Å²) in [6, 6.07) is 6.15. The van der Waals surface area contributed by atoms with Gasteiger partial charge in [-0.1, -0.05) is 6.07 Å². The van der Waals surface area contributed by atoms with Crippen LogP contribution in [0.4, 0.5) is 5.69 Å². The van der Waals surface area contributed by atoms with Crippen LogP contribution in [-0.4, -0.2) is 6.54 Å². The molecule has 1 aliphatic heterocycles. The molecule has 0 fully saturated rings. The lowest BCUT2D eigenvalue weighted by Crippen LogP contribution is -2.23. The Labute approximate surface area is 99.4 Å². The van der Waals surface area contributed by atoms with E-state index >= 15 is 0 Å². The molecule has 2 nitrogen and oxygen atoms in total. The zero-order valence-corrected chi connectivity index (χ0v) is 10.7. The number of nitrogen functional groups attached to an aromatic ring is 1. The summed E-state index contributed by atoms with van der Waals surface area (Å²) in [7, 11) is 0. The van der Waals surface area contributed by atoms with E-state index in [4.69, 9.17) is 5.73 Å². The predicted octanol–water partition coefficient (Wildman–Crippen LogP) is 2.07. The molecule has 3 N–H and O–H groups in total. The Kier molecular flexibility index (Phi) is 5.60. The third kappa shape index (κ3) is 2.97. The fourth-order valence-corrected chi connectivity index (χ4v) is 1.50. The fraction of sp³-hybridized carbons (Fsp3) is 0.333. The van der Waals surface area contributed by atoms with Crippen LogP contribution in [0.2, 0.25) is 0 Å². The average molecular weight is 310 g/mol. The second-order valence-corrected chi connectivity index (χ2v) is 2.95. The van der Waals surface area contributed by atoms with Crippen LogP contribution >= 0.6 is 34.0 Å². The van der Waals surface area contributed by atoms with Gasteiger partial charge in [0.15, 0.2) is 0 Å². The zero-order chi connectivity index (χ0) is 7.68. The van der Waals surface area contributed by atoms with Crippen molar-refractivity contribution in [2.75, 3.05) is 12.3 Å². The van der Waals surface area contributed by atoms with E-state index < -0.39 is 0 Å². The van der Waals surface area contributed by atoms with Crippen LogP contribution in [0.5, 0.6) is 0 Å². The summed E-state index contributed by atoms with van der Waals surface area (Å²) in [5.41, 5.74) is 9.34. The van der Waals surface area contributed by atoms with Gasteiger partial charge in [0, 0.05) is 12.2 Å². The largest absolute Gasteiger partial charge is 0.399 e. The zero-order valence-electron chi connectivity index (χ0n) is 7.25. The lowest BCUT2D eigenvalue weighted by atomic mass is 10.0. The normalized spacial score (nSPS) is 13.5. The molecule has 74 valence electrons. The van der Waals surface area contributed by atoms with Crippen molar-refractivity contribution in [2.45, 2.75) is 13.0 Å². The van der Waals surface area contributed by atoms with E-state index in [1.807, 2.05) is 6.07 Å². The number of fused-ring (bicyclic) bond motifs is 1. The molecule has 1 aromatic carbocycles. The maximum atomic E-state index is 5.66. The number of hydrogen-bond acceptors (Lipinski definition) is 2. The molecule has 13 heavy (non-hydrogen) atoms. The standard InChI is InChI=1S/C9H12N2.2BrH/c10-9-2-1-8-6-11-4-3-7(8)5-9;;/h1-2,5,11H,3-4,6,10H2;2*1H. The number of benzene rings is 1. The van der Waals surface area contributed by atoms with Crippen molar-refractivity contribution in [3.05, 3.63) is 29.3 Å². The van der Waals surface area contributed by atoms with E-state index in [0.29, 0.717) is 0 Å². The molecule has 0 aliphatic carbocycles. The van der Waals surface area contributed by atoms with Crippen LogP contribution in [-0.2, 0) is 13.0 Å². The maximum absolute atomic E-state index is 5.66. The van der Waals surface area contributed by atoms with E-state index in [1.54, 1.807) is 0 Å². The highest BCUT2D eigenvalue weighted by atomic mass is 79.9. The molecule has 1 heterocycles. The highest BCUT2D eigenvalue weighted by molar-refractivity contribution is 8.93. The van der Waals surface area contributed by atoms with Crippen molar-refractivity contribution in [2.24, 2.45) is 0 Å². The van der Waals surface area contributed by atoms with Crippen LogP contribution < -0.4 is 11.1 Å². The Balaban J connectivity index is 0.000000720. The van der Waals surface area contributed by atoms with Crippen molar-refractivity contribution in [1.29, 1.82) is 0 Å². The van der Waals surface area contributed by atoms with Crippen LogP contribution in [0.1, 0.15) is 11.1 Å². The Morgan fingerprint density at radius 2 is 1.92 bits per heavy atom. The van der Waals surface area contributed by atoms with Crippen molar-refractivity contribution < 1.29 is 0 Å². The number of nitrogens with two attached hydrogens (primary N) is 1. The summed E-state index contributed by atoms with van der Waals surface area (Å²) >= 11 is 0. The lowest BCUT2D eigenvalue weighted by molar-refractivity contribution is 0.644. The van der Waals surface area contributed by atoms with Gasteiger partial charge in [-0.15, -0.1) is 34.0 Å². The Morgan fingerprint density at radius 1 is 1.15 bits per heavy atom. The molecular formula is C9H14Br2N2. The quantitative estimate of drug-likeness (QED) is 0.720. The Morgan fingerprint density at radius 3 is 2.69 bits per heavy atom. The van der Waals surface area contributed by atoms with Gasteiger partial charge in [-0.3, -0.25) is 0 Å². The average Bonchev–Trinajstić information content (AvgIpc) is 2.04. The van der Waals surface area contributed by atoms with Gasteiger partial charge in [-0.2, -0.15) is 0 Å². The van der Waals surface area contributed by atoms with E-state index in [1.165, 1.54) is 11.1 Å². The molecule has 4 heteroatoms. The monoisotopic (exact) mass is 308 g/mol. The molecule has 1 aliphatic rings. The number of rotatable bonds is 0.